The van der Waals surface area contributed by atoms with E-state index in [0.717, 1.165) is 12.1 Å². The highest BCUT2D eigenvalue weighted by molar-refractivity contribution is 5.50. The molecule has 0 bridgehead atoms. The number of carbonyl (C=O) groups is 1. The van der Waals surface area contributed by atoms with Gasteiger partial charge in [-0.1, -0.05) is 0 Å². The molecular weight excluding hydrogens is 259 g/mol. The Kier molecular flexibility index (Phi) is 4.63. The van der Waals surface area contributed by atoms with Crippen molar-refractivity contribution in [2.24, 2.45) is 0 Å². The minimum Gasteiger partial charge on any atom is -0.435 e. The Morgan fingerprint density at radius 2 is 1.89 bits per heavy atom. The molecule has 0 aromatic heterocycles. The van der Waals surface area contributed by atoms with E-state index in [-0.39, 0.29) is 18.4 Å². The molecule has 0 aliphatic rings. The zero-order chi connectivity index (χ0) is 13.8. The van der Waals surface area contributed by atoms with E-state index in [2.05, 4.69) is 4.74 Å². The van der Waals surface area contributed by atoms with Crippen LogP contribution in [0.5, 0.6) is 5.75 Å². The number of benzene rings is 1. The summed E-state index contributed by atoms with van der Waals surface area (Å²) in [5.41, 5.74) is -0.964. The predicted molar refractivity (Wildman–Crippen MR) is 52.5 cm³/mol. The topological polar surface area (TPSA) is 26.3 Å². The van der Waals surface area contributed by atoms with Crippen LogP contribution in [0, 0.1) is 0 Å². The number of aryl methyl sites for hydroxylation is 1. The predicted octanol–water partition coefficient (Wildman–Crippen LogP) is 3.44. The number of carbonyl (C=O) groups excluding carboxylic acids is 1. The van der Waals surface area contributed by atoms with Gasteiger partial charge in [-0.25, -0.2) is 0 Å². The maximum Gasteiger partial charge on any atom is 0.416 e. The van der Waals surface area contributed by atoms with Crippen LogP contribution in [0.25, 0.3) is 0 Å². The second-order valence-electron chi connectivity index (χ2n) is 3.45. The average Bonchev–Trinajstić information content (AvgIpc) is 2.24. The van der Waals surface area contributed by atoms with Gasteiger partial charge < -0.3 is 9.53 Å². The smallest absolute Gasteiger partial charge is 0.416 e. The third-order valence-corrected chi connectivity index (χ3v) is 2.07. The van der Waals surface area contributed by atoms with Crippen molar-refractivity contribution in [3.05, 3.63) is 29.3 Å². The monoisotopic (exact) mass is 268 g/mol. The van der Waals surface area contributed by atoms with E-state index in [1.165, 1.54) is 0 Å². The summed E-state index contributed by atoms with van der Waals surface area (Å²) in [6, 6.07) is 2.36. The Morgan fingerprint density at radius 3 is 2.39 bits per heavy atom. The fraction of sp³-hybridized carbons (Fsp3) is 0.364. The summed E-state index contributed by atoms with van der Waals surface area (Å²) >= 11 is 0. The van der Waals surface area contributed by atoms with Gasteiger partial charge in [0.2, 0.25) is 0 Å². The van der Waals surface area contributed by atoms with Gasteiger partial charge in [0.25, 0.3) is 0 Å². The lowest BCUT2D eigenvalue weighted by Gasteiger charge is -2.12. The molecule has 0 aliphatic carbocycles. The molecule has 0 atom stereocenters. The van der Waals surface area contributed by atoms with Crippen molar-refractivity contribution in [3.8, 4) is 5.75 Å². The summed E-state index contributed by atoms with van der Waals surface area (Å²) in [5.74, 6) is -0.569. The van der Waals surface area contributed by atoms with Crippen LogP contribution in [0.2, 0.25) is 0 Å². The molecule has 0 amide bonds. The van der Waals surface area contributed by atoms with Crippen LogP contribution in [-0.4, -0.2) is 12.9 Å². The summed E-state index contributed by atoms with van der Waals surface area (Å²) < 4.78 is 65.4. The second kappa shape index (κ2) is 5.79. The molecular formula is C11H9F5O2. The van der Waals surface area contributed by atoms with Gasteiger partial charge in [0.15, 0.2) is 0 Å². The molecule has 0 unspecified atom stereocenters. The highest BCUT2D eigenvalue weighted by Gasteiger charge is 2.31. The molecule has 0 radical (unpaired) electrons. The minimum absolute atomic E-state index is 0.00935. The molecule has 0 saturated carbocycles. The van der Waals surface area contributed by atoms with Crippen molar-refractivity contribution in [1.82, 2.24) is 0 Å². The van der Waals surface area contributed by atoms with Gasteiger partial charge in [0.1, 0.15) is 12.0 Å². The largest absolute Gasteiger partial charge is 0.435 e. The van der Waals surface area contributed by atoms with E-state index in [4.69, 9.17) is 0 Å². The maximum atomic E-state index is 12.5. The van der Waals surface area contributed by atoms with Crippen LogP contribution in [0.15, 0.2) is 18.2 Å². The third-order valence-electron chi connectivity index (χ3n) is 2.07. The molecule has 1 aromatic rings. The number of ether oxygens (including phenoxy) is 1. The van der Waals surface area contributed by atoms with Crippen molar-refractivity contribution in [3.63, 3.8) is 0 Å². The average molecular weight is 268 g/mol. The molecule has 100 valence electrons. The number of alkyl halides is 5. The van der Waals surface area contributed by atoms with E-state index in [0.29, 0.717) is 12.4 Å². The lowest BCUT2D eigenvalue weighted by atomic mass is 10.1. The van der Waals surface area contributed by atoms with Crippen LogP contribution in [0.4, 0.5) is 22.0 Å². The van der Waals surface area contributed by atoms with E-state index >= 15 is 0 Å². The van der Waals surface area contributed by atoms with Crippen LogP contribution in [0.1, 0.15) is 17.5 Å². The van der Waals surface area contributed by atoms with Gasteiger partial charge in [0.05, 0.1) is 5.56 Å². The lowest BCUT2D eigenvalue weighted by Crippen LogP contribution is -2.08. The maximum absolute atomic E-state index is 12.5. The highest BCUT2D eigenvalue weighted by atomic mass is 19.4. The first-order valence-electron chi connectivity index (χ1n) is 4.92. The Morgan fingerprint density at radius 1 is 1.22 bits per heavy atom. The summed E-state index contributed by atoms with van der Waals surface area (Å²) in [5, 5.41) is 0. The van der Waals surface area contributed by atoms with Gasteiger partial charge in [-0.05, 0) is 30.2 Å². The van der Waals surface area contributed by atoms with Crippen LogP contribution >= 0.6 is 0 Å². The van der Waals surface area contributed by atoms with Gasteiger partial charge >= 0.3 is 12.8 Å². The van der Waals surface area contributed by atoms with Crippen molar-refractivity contribution in [2.75, 3.05) is 0 Å². The number of rotatable bonds is 5. The standard InChI is InChI=1S/C11H9F5O2/c12-10(13)18-9-5-7(2-1-3-17)4-8(6-9)11(14,15)16/h3-6,10H,1-2H2. The van der Waals surface area contributed by atoms with Crippen molar-refractivity contribution in [2.45, 2.75) is 25.6 Å². The molecule has 1 aromatic carbocycles. The summed E-state index contributed by atoms with van der Waals surface area (Å²) in [6.07, 6.45) is -4.08. The van der Waals surface area contributed by atoms with Crippen LogP contribution in [-0.2, 0) is 17.4 Å². The van der Waals surface area contributed by atoms with Crippen LogP contribution in [0.3, 0.4) is 0 Å². The summed E-state index contributed by atoms with van der Waals surface area (Å²) in [6.45, 7) is -3.20. The van der Waals surface area contributed by atoms with E-state index < -0.39 is 24.1 Å². The van der Waals surface area contributed by atoms with Gasteiger partial charge in [0, 0.05) is 6.42 Å². The molecule has 1 rings (SSSR count). The SMILES string of the molecule is O=CCCc1cc(OC(F)F)cc(C(F)(F)F)c1. The van der Waals surface area contributed by atoms with Crippen molar-refractivity contribution >= 4 is 6.29 Å². The molecule has 18 heavy (non-hydrogen) atoms. The fourth-order valence-electron chi connectivity index (χ4n) is 1.37. The summed E-state index contributed by atoms with van der Waals surface area (Å²) in [7, 11) is 0. The van der Waals surface area contributed by atoms with E-state index in [9.17, 15) is 26.7 Å². The molecule has 2 nitrogen and oxygen atoms in total. The van der Waals surface area contributed by atoms with Crippen LogP contribution < -0.4 is 4.74 Å². The zero-order valence-corrected chi connectivity index (χ0v) is 9.01. The second-order valence-corrected chi connectivity index (χ2v) is 3.45. The normalized spacial score (nSPS) is 11.7. The lowest BCUT2D eigenvalue weighted by molar-refractivity contribution is -0.138. The number of hydrogen-bond donors (Lipinski definition) is 0. The molecule has 0 saturated heterocycles. The number of aldehydes is 1. The Hall–Kier alpha value is -1.66. The quantitative estimate of drug-likeness (QED) is 0.604. The first-order chi connectivity index (χ1) is 8.32. The molecule has 0 heterocycles. The zero-order valence-electron chi connectivity index (χ0n) is 9.01. The van der Waals surface area contributed by atoms with Gasteiger partial charge in [-0.2, -0.15) is 22.0 Å². The molecule has 0 aliphatic heterocycles. The Bertz CT molecular complexity index is 414. The molecule has 7 heteroatoms. The molecule has 0 spiro atoms. The first-order valence-corrected chi connectivity index (χ1v) is 4.92. The van der Waals surface area contributed by atoms with E-state index in [1.807, 2.05) is 0 Å². The molecule has 0 fully saturated rings. The fourth-order valence-corrected chi connectivity index (χ4v) is 1.37. The van der Waals surface area contributed by atoms with Gasteiger partial charge in [-0.3, -0.25) is 0 Å². The van der Waals surface area contributed by atoms with Crippen molar-refractivity contribution < 1.29 is 31.5 Å². The Labute approximate surface area is 99.4 Å². The number of halogens is 5. The van der Waals surface area contributed by atoms with E-state index in [1.54, 1.807) is 0 Å². The molecule has 0 N–H and O–H groups in total. The van der Waals surface area contributed by atoms with Crippen molar-refractivity contribution in [1.29, 1.82) is 0 Å². The Balaban J connectivity index is 3.07. The number of hydrogen-bond acceptors (Lipinski definition) is 2. The van der Waals surface area contributed by atoms with Gasteiger partial charge in [-0.15, -0.1) is 0 Å². The third kappa shape index (κ3) is 4.31. The first kappa shape index (κ1) is 14.4. The summed E-state index contributed by atoms with van der Waals surface area (Å²) in [4.78, 5) is 10.1. The highest BCUT2D eigenvalue weighted by Crippen LogP contribution is 2.33. The minimum atomic E-state index is -4.66.